The first kappa shape index (κ1) is 12.2. The largest absolute Gasteiger partial charge is 0.464 e. The Morgan fingerprint density at radius 3 is 2.56 bits per heavy atom. The normalized spacial score (nSPS) is 10.4. The number of esters is 1. The molecule has 0 fully saturated rings. The Kier molecular flexibility index (Phi) is 3.10. The molecule has 2 heterocycles. The minimum Gasteiger partial charge on any atom is -0.464 e. The van der Waals surface area contributed by atoms with Crippen molar-refractivity contribution in [1.82, 2.24) is 19.7 Å². The van der Waals surface area contributed by atoms with Crippen LogP contribution >= 0.6 is 0 Å². The summed E-state index contributed by atoms with van der Waals surface area (Å²) in [5, 5.41) is 4.37. The number of carbonyl (C=O) groups excluding carboxylic acids is 1. The van der Waals surface area contributed by atoms with Gasteiger partial charge in [0.1, 0.15) is 0 Å². The summed E-state index contributed by atoms with van der Waals surface area (Å²) in [5.74, 6) is -0.00537. The van der Waals surface area contributed by atoms with Crippen molar-refractivity contribution in [2.45, 2.75) is 20.8 Å². The lowest BCUT2D eigenvalue weighted by Crippen LogP contribution is -2.09. The molecule has 0 radical (unpaired) electrons. The van der Waals surface area contributed by atoms with Crippen LogP contribution in [0.2, 0.25) is 0 Å². The lowest BCUT2D eigenvalue weighted by atomic mass is 10.2. The molecule has 0 unspecified atom stereocenters. The van der Waals surface area contributed by atoms with E-state index in [1.807, 2.05) is 20.8 Å². The zero-order chi connectivity index (χ0) is 13.3. The first-order chi connectivity index (χ1) is 8.54. The SMILES string of the molecule is COC(=O)c1cncc(-n2nc(C)c(C)c2C)n1. The average molecular weight is 246 g/mol. The molecule has 0 saturated carbocycles. The number of aromatic nitrogens is 4. The molecule has 2 aromatic heterocycles. The van der Waals surface area contributed by atoms with Crippen LogP contribution < -0.4 is 0 Å². The molecule has 0 spiro atoms. The van der Waals surface area contributed by atoms with Gasteiger partial charge in [-0.05, 0) is 26.3 Å². The van der Waals surface area contributed by atoms with Crippen LogP contribution in [0.5, 0.6) is 0 Å². The summed E-state index contributed by atoms with van der Waals surface area (Å²) >= 11 is 0. The zero-order valence-electron chi connectivity index (χ0n) is 10.8. The van der Waals surface area contributed by atoms with Gasteiger partial charge in [0.2, 0.25) is 0 Å². The van der Waals surface area contributed by atoms with E-state index in [0.29, 0.717) is 5.82 Å². The minimum atomic E-state index is -0.511. The van der Waals surface area contributed by atoms with Gasteiger partial charge < -0.3 is 4.74 Å². The van der Waals surface area contributed by atoms with Gasteiger partial charge in [0.05, 0.1) is 25.2 Å². The highest BCUT2D eigenvalue weighted by molar-refractivity contribution is 5.86. The van der Waals surface area contributed by atoms with E-state index in [4.69, 9.17) is 0 Å². The quantitative estimate of drug-likeness (QED) is 0.748. The Hall–Kier alpha value is -2.24. The number of carbonyl (C=O) groups is 1. The number of hydrogen-bond donors (Lipinski definition) is 0. The monoisotopic (exact) mass is 246 g/mol. The summed E-state index contributed by atoms with van der Waals surface area (Å²) < 4.78 is 6.29. The Balaban J connectivity index is 2.51. The highest BCUT2D eigenvalue weighted by Gasteiger charge is 2.13. The van der Waals surface area contributed by atoms with Crippen molar-refractivity contribution < 1.29 is 9.53 Å². The topological polar surface area (TPSA) is 69.9 Å². The Morgan fingerprint density at radius 2 is 2.00 bits per heavy atom. The van der Waals surface area contributed by atoms with Gasteiger partial charge in [0.15, 0.2) is 11.5 Å². The van der Waals surface area contributed by atoms with Gasteiger partial charge in [0.25, 0.3) is 0 Å². The van der Waals surface area contributed by atoms with E-state index >= 15 is 0 Å². The molecule has 0 aliphatic heterocycles. The van der Waals surface area contributed by atoms with Crippen molar-refractivity contribution in [3.8, 4) is 5.82 Å². The van der Waals surface area contributed by atoms with E-state index in [9.17, 15) is 4.79 Å². The molecular weight excluding hydrogens is 232 g/mol. The van der Waals surface area contributed by atoms with Gasteiger partial charge in [-0.3, -0.25) is 4.98 Å². The van der Waals surface area contributed by atoms with E-state index < -0.39 is 5.97 Å². The highest BCUT2D eigenvalue weighted by atomic mass is 16.5. The molecule has 0 N–H and O–H groups in total. The van der Waals surface area contributed by atoms with Crippen LogP contribution in [-0.4, -0.2) is 32.8 Å². The summed E-state index contributed by atoms with van der Waals surface area (Å²) in [5.41, 5.74) is 3.17. The number of nitrogens with zero attached hydrogens (tertiary/aromatic N) is 4. The molecule has 0 atom stereocenters. The maximum absolute atomic E-state index is 11.4. The molecule has 0 saturated heterocycles. The van der Waals surface area contributed by atoms with Crippen LogP contribution in [0.4, 0.5) is 0 Å². The number of ether oxygens (including phenoxy) is 1. The summed E-state index contributed by atoms with van der Waals surface area (Å²) in [4.78, 5) is 19.6. The van der Waals surface area contributed by atoms with Gasteiger partial charge >= 0.3 is 5.97 Å². The standard InChI is InChI=1S/C12H14N4O2/c1-7-8(2)15-16(9(7)3)11-6-13-5-10(14-11)12(17)18-4/h5-6H,1-4H3. The smallest absolute Gasteiger partial charge is 0.358 e. The zero-order valence-corrected chi connectivity index (χ0v) is 10.8. The Bertz CT molecular complexity index is 604. The molecule has 0 aliphatic carbocycles. The molecule has 18 heavy (non-hydrogen) atoms. The van der Waals surface area contributed by atoms with E-state index in [0.717, 1.165) is 17.0 Å². The number of methoxy groups -OCH3 is 1. The fourth-order valence-electron chi connectivity index (χ4n) is 1.60. The van der Waals surface area contributed by atoms with Crippen LogP contribution in [0.15, 0.2) is 12.4 Å². The van der Waals surface area contributed by atoms with Crippen LogP contribution in [0.3, 0.4) is 0 Å². The minimum absolute atomic E-state index is 0.167. The van der Waals surface area contributed by atoms with E-state index in [2.05, 4.69) is 19.8 Å². The van der Waals surface area contributed by atoms with Crippen molar-refractivity contribution in [1.29, 1.82) is 0 Å². The average Bonchev–Trinajstić information content (AvgIpc) is 2.66. The summed E-state index contributed by atoms with van der Waals surface area (Å²) in [6.07, 6.45) is 2.93. The van der Waals surface area contributed by atoms with Crippen LogP contribution in [0.25, 0.3) is 5.82 Å². The third-order valence-electron chi connectivity index (χ3n) is 2.89. The third kappa shape index (κ3) is 1.97. The van der Waals surface area contributed by atoms with E-state index in [-0.39, 0.29) is 5.69 Å². The van der Waals surface area contributed by atoms with Gasteiger partial charge in [-0.2, -0.15) is 5.10 Å². The fourth-order valence-corrected chi connectivity index (χ4v) is 1.60. The molecule has 0 aromatic carbocycles. The van der Waals surface area contributed by atoms with Crippen molar-refractivity contribution in [3.05, 3.63) is 35.0 Å². The third-order valence-corrected chi connectivity index (χ3v) is 2.89. The van der Waals surface area contributed by atoms with Gasteiger partial charge in [-0.1, -0.05) is 0 Å². The second-order valence-corrected chi connectivity index (χ2v) is 3.96. The number of aryl methyl sites for hydroxylation is 1. The fraction of sp³-hybridized carbons (Fsp3) is 0.333. The predicted molar refractivity (Wildman–Crippen MR) is 64.7 cm³/mol. The summed E-state index contributed by atoms with van der Waals surface area (Å²) in [6.45, 7) is 5.87. The second-order valence-electron chi connectivity index (χ2n) is 3.96. The van der Waals surface area contributed by atoms with Gasteiger partial charge in [0, 0.05) is 5.69 Å². The predicted octanol–water partition coefficient (Wildman–Crippen LogP) is 1.37. The van der Waals surface area contributed by atoms with Gasteiger partial charge in [-0.25, -0.2) is 14.5 Å². The Morgan fingerprint density at radius 1 is 1.28 bits per heavy atom. The molecular formula is C12H14N4O2. The molecule has 0 aliphatic rings. The number of rotatable bonds is 2. The van der Waals surface area contributed by atoms with E-state index in [1.54, 1.807) is 10.9 Å². The summed E-state index contributed by atoms with van der Waals surface area (Å²) in [6, 6.07) is 0. The molecule has 0 amide bonds. The maximum Gasteiger partial charge on any atom is 0.358 e. The lowest BCUT2D eigenvalue weighted by Gasteiger charge is -2.04. The molecule has 94 valence electrons. The van der Waals surface area contributed by atoms with Crippen LogP contribution in [-0.2, 0) is 4.74 Å². The first-order valence-electron chi connectivity index (χ1n) is 5.48. The van der Waals surface area contributed by atoms with Crippen molar-refractivity contribution in [2.24, 2.45) is 0 Å². The van der Waals surface area contributed by atoms with E-state index in [1.165, 1.54) is 13.3 Å². The molecule has 2 rings (SSSR count). The molecule has 0 bridgehead atoms. The highest BCUT2D eigenvalue weighted by Crippen LogP contribution is 2.15. The molecule has 2 aromatic rings. The van der Waals surface area contributed by atoms with Crippen molar-refractivity contribution >= 4 is 5.97 Å². The molecule has 6 heteroatoms. The summed E-state index contributed by atoms with van der Waals surface area (Å²) in [7, 11) is 1.31. The van der Waals surface area contributed by atoms with Gasteiger partial charge in [-0.15, -0.1) is 0 Å². The van der Waals surface area contributed by atoms with Crippen molar-refractivity contribution in [2.75, 3.05) is 7.11 Å². The number of hydrogen-bond acceptors (Lipinski definition) is 5. The van der Waals surface area contributed by atoms with Crippen molar-refractivity contribution in [3.63, 3.8) is 0 Å². The second kappa shape index (κ2) is 4.56. The van der Waals surface area contributed by atoms with Crippen LogP contribution in [0.1, 0.15) is 27.4 Å². The lowest BCUT2D eigenvalue weighted by molar-refractivity contribution is 0.0593. The Labute approximate surface area is 105 Å². The maximum atomic E-state index is 11.4. The van der Waals surface area contributed by atoms with Crippen LogP contribution in [0, 0.1) is 20.8 Å². The molecule has 6 nitrogen and oxygen atoms in total. The first-order valence-corrected chi connectivity index (χ1v) is 5.48.